The molecule has 2 aliphatic heterocycles. The van der Waals surface area contributed by atoms with E-state index in [-0.39, 0.29) is 12.2 Å². The third kappa shape index (κ3) is 4.68. The summed E-state index contributed by atoms with van der Waals surface area (Å²) in [6.07, 6.45) is 3.14. The zero-order valence-corrected chi connectivity index (χ0v) is 18.1. The molecule has 162 valence electrons. The average Bonchev–Trinajstić information content (AvgIpc) is 2.74. The molecule has 1 unspecified atom stereocenters. The van der Waals surface area contributed by atoms with Crippen LogP contribution in [0.4, 0.5) is 11.6 Å². The number of benzene rings is 1. The molecule has 2 aromatic rings. The van der Waals surface area contributed by atoms with Crippen LogP contribution >= 0.6 is 0 Å². The van der Waals surface area contributed by atoms with Crippen molar-refractivity contribution in [3.8, 4) is 0 Å². The Morgan fingerprint density at radius 1 is 1.27 bits per heavy atom. The molecule has 1 aromatic carbocycles. The van der Waals surface area contributed by atoms with Crippen LogP contribution in [0.25, 0.3) is 0 Å². The zero-order valence-electron chi connectivity index (χ0n) is 18.1. The second-order valence-electron chi connectivity index (χ2n) is 8.78. The number of piperidine rings is 1. The smallest absolute Gasteiger partial charge is 0.255 e. The standard InChI is InChI=1S/C23H33N5O2/c1-17-4-3-10-28(14-17)23-24-21-16-27(11-9-20(21)22(30)25-23)15-18-5-7-19(8-6-18)26(2)12-13-29/h5-8,17,29H,3-4,9-16H2,1-2H3,(H,24,25,30). The summed E-state index contributed by atoms with van der Waals surface area (Å²) < 4.78 is 0. The predicted octanol–water partition coefficient (Wildman–Crippen LogP) is 1.99. The second-order valence-corrected chi connectivity index (χ2v) is 8.78. The van der Waals surface area contributed by atoms with E-state index in [1.807, 2.05) is 11.9 Å². The lowest BCUT2D eigenvalue weighted by molar-refractivity contribution is 0.240. The first-order valence-corrected chi connectivity index (χ1v) is 11.0. The van der Waals surface area contributed by atoms with Gasteiger partial charge in [-0.3, -0.25) is 14.7 Å². The largest absolute Gasteiger partial charge is 0.395 e. The lowest BCUT2D eigenvalue weighted by Gasteiger charge is -2.33. The number of H-pyrrole nitrogens is 1. The molecule has 0 amide bonds. The Morgan fingerprint density at radius 2 is 2.07 bits per heavy atom. The number of aliphatic hydroxyl groups is 1. The van der Waals surface area contributed by atoms with Gasteiger partial charge in [0.15, 0.2) is 0 Å². The number of fused-ring (bicyclic) bond motifs is 1. The van der Waals surface area contributed by atoms with Gasteiger partial charge in [0.25, 0.3) is 5.56 Å². The van der Waals surface area contributed by atoms with Crippen LogP contribution in [0.1, 0.15) is 36.6 Å². The van der Waals surface area contributed by atoms with Gasteiger partial charge in [-0.15, -0.1) is 0 Å². The van der Waals surface area contributed by atoms with Gasteiger partial charge in [-0.05, 0) is 42.9 Å². The van der Waals surface area contributed by atoms with Crippen molar-refractivity contribution in [1.29, 1.82) is 0 Å². The minimum absolute atomic E-state index is 0.0316. The van der Waals surface area contributed by atoms with E-state index in [1.165, 1.54) is 12.0 Å². The SMILES string of the molecule is CC1CCCN(c2nc3c(c(=O)[nH]2)CCN(Cc2ccc(N(C)CCO)cc2)C3)C1. The normalized spacial score (nSPS) is 19.6. The number of anilines is 2. The van der Waals surface area contributed by atoms with Crippen molar-refractivity contribution in [2.24, 2.45) is 5.92 Å². The molecule has 7 heteroatoms. The number of nitrogens with zero attached hydrogens (tertiary/aromatic N) is 4. The number of rotatable bonds is 6. The molecule has 1 fully saturated rings. The van der Waals surface area contributed by atoms with E-state index >= 15 is 0 Å². The molecular weight excluding hydrogens is 378 g/mol. The fourth-order valence-electron chi connectivity index (χ4n) is 4.54. The van der Waals surface area contributed by atoms with Crippen LogP contribution in [0.3, 0.4) is 0 Å². The maximum absolute atomic E-state index is 12.7. The van der Waals surface area contributed by atoms with Gasteiger partial charge in [0.2, 0.25) is 5.95 Å². The van der Waals surface area contributed by atoms with Gasteiger partial charge >= 0.3 is 0 Å². The summed E-state index contributed by atoms with van der Waals surface area (Å²) in [6, 6.07) is 8.48. The van der Waals surface area contributed by atoms with Gasteiger partial charge in [0, 0.05) is 57.6 Å². The van der Waals surface area contributed by atoms with Gasteiger partial charge in [-0.2, -0.15) is 0 Å². The van der Waals surface area contributed by atoms with E-state index in [4.69, 9.17) is 10.1 Å². The van der Waals surface area contributed by atoms with Crippen LogP contribution in [0.5, 0.6) is 0 Å². The van der Waals surface area contributed by atoms with Crippen molar-refractivity contribution in [3.63, 3.8) is 0 Å². The molecular formula is C23H33N5O2. The number of aliphatic hydroxyl groups excluding tert-OH is 1. The number of hydrogen-bond acceptors (Lipinski definition) is 6. The number of likely N-dealkylation sites (N-methyl/N-ethyl adjacent to an activating group) is 1. The van der Waals surface area contributed by atoms with Gasteiger partial charge in [0.1, 0.15) is 0 Å². The topological polar surface area (TPSA) is 75.7 Å². The third-order valence-electron chi connectivity index (χ3n) is 6.32. The van der Waals surface area contributed by atoms with Gasteiger partial charge in [-0.1, -0.05) is 19.1 Å². The fraction of sp³-hybridized carbons (Fsp3) is 0.565. The Morgan fingerprint density at radius 3 is 2.80 bits per heavy atom. The summed E-state index contributed by atoms with van der Waals surface area (Å²) >= 11 is 0. The second kappa shape index (κ2) is 9.18. The van der Waals surface area contributed by atoms with Crippen molar-refractivity contribution in [3.05, 3.63) is 51.4 Å². The van der Waals surface area contributed by atoms with E-state index in [0.717, 1.165) is 61.9 Å². The first-order valence-electron chi connectivity index (χ1n) is 11.0. The minimum atomic E-state index is 0.0316. The highest BCUT2D eigenvalue weighted by atomic mass is 16.3. The maximum Gasteiger partial charge on any atom is 0.255 e. The first-order chi connectivity index (χ1) is 14.5. The molecule has 4 rings (SSSR count). The zero-order chi connectivity index (χ0) is 21.1. The van der Waals surface area contributed by atoms with E-state index in [1.54, 1.807) is 0 Å². The molecule has 0 spiro atoms. The molecule has 1 saturated heterocycles. The van der Waals surface area contributed by atoms with Crippen molar-refractivity contribution in [2.45, 2.75) is 39.3 Å². The van der Waals surface area contributed by atoms with Crippen LogP contribution in [-0.2, 0) is 19.5 Å². The van der Waals surface area contributed by atoms with E-state index in [2.05, 4.69) is 46.0 Å². The Kier molecular flexibility index (Phi) is 6.39. The highest BCUT2D eigenvalue weighted by Crippen LogP contribution is 2.23. The number of hydrogen-bond donors (Lipinski definition) is 2. The highest BCUT2D eigenvalue weighted by Gasteiger charge is 2.24. The molecule has 0 aliphatic carbocycles. The quantitative estimate of drug-likeness (QED) is 0.757. The fourth-order valence-corrected chi connectivity index (χ4v) is 4.54. The van der Waals surface area contributed by atoms with E-state index < -0.39 is 0 Å². The summed E-state index contributed by atoms with van der Waals surface area (Å²) in [7, 11) is 1.98. The minimum Gasteiger partial charge on any atom is -0.395 e. The third-order valence-corrected chi connectivity index (χ3v) is 6.32. The van der Waals surface area contributed by atoms with Crippen LogP contribution in [0.2, 0.25) is 0 Å². The average molecular weight is 412 g/mol. The highest BCUT2D eigenvalue weighted by molar-refractivity contribution is 5.46. The van der Waals surface area contributed by atoms with Gasteiger partial charge in [0.05, 0.1) is 12.3 Å². The maximum atomic E-state index is 12.7. The van der Waals surface area contributed by atoms with Crippen LogP contribution in [0.15, 0.2) is 29.1 Å². The lowest BCUT2D eigenvalue weighted by atomic mass is 10.0. The summed E-state index contributed by atoms with van der Waals surface area (Å²) in [5.41, 5.74) is 4.16. The molecule has 2 aliphatic rings. The number of nitrogens with one attached hydrogen (secondary N) is 1. The molecule has 2 N–H and O–H groups in total. The van der Waals surface area contributed by atoms with E-state index in [0.29, 0.717) is 19.0 Å². The van der Waals surface area contributed by atoms with Crippen molar-refractivity contribution >= 4 is 11.6 Å². The van der Waals surface area contributed by atoms with Gasteiger partial charge in [-0.25, -0.2) is 4.98 Å². The number of aromatic amines is 1. The summed E-state index contributed by atoms with van der Waals surface area (Å²) in [5, 5.41) is 9.10. The predicted molar refractivity (Wildman–Crippen MR) is 120 cm³/mol. The Labute approximate surface area is 178 Å². The Bertz CT molecular complexity index is 911. The molecule has 0 saturated carbocycles. The van der Waals surface area contributed by atoms with Gasteiger partial charge < -0.3 is 14.9 Å². The molecule has 0 bridgehead atoms. The molecule has 7 nitrogen and oxygen atoms in total. The molecule has 30 heavy (non-hydrogen) atoms. The van der Waals surface area contributed by atoms with E-state index in [9.17, 15) is 4.79 Å². The summed E-state index contributed by atoms with van der Waals surface area (Å²) in [6.45, 7) is 7.38. The first kappa shape index (κ1) is 20.9. The van der Waals surface area contributed by atoms with Crippen LogP contribution in [-0.4, -0.2) is 59.8 Å². The Balaban J connectivity index is 1.45. The lowest BCUT2D eigenvalue weighted by Crippen LogP contribution is -2.39. The van der Waals surface area contributed by atoms with Crippen molar-refractivity contribution in [1.82, 2.24) is 14.9 Å². The summed E-state index contributed by atoms with van der Waals surface area (Å²) in [5.74, 6) is 1.37. The monoisotopic (exact) mass is 411 g/mol. The van der Waals surface area contributed by atoms with Crippen LogP contribution in [0, 0.1) is 5.92 Å². The Hall–Kier alpha value is -2.38. The summed E-state index contributed by atoms with van der Waals surface area (Å²) in [4.78, 5) is 27.2. The van der Waals surface area contributed by atoms with Crippen molar-refractivity contribution in [2.75, 3.05) is 49.6 Å². The molecule has 0 radical (unpaired) electrons. The number of aromatic nitrogens is 2. The molecule has 1 atom stereocenters. The van der Waals surface area contributed by atoms with Crippen LogP contribution < -0.4 is 15.4 Å². The molecule has 1 aromatic heterocycles. The molecule has 3 heterocycles. The van der Waals surface area contributed by atoms with Crippen molar-refractivity contribution < 1.29 is 5.11 Å².